The predicted molar refractivity (Wildman–Crippen MR) is 178 cm³/mol. The third-order valence-electron chi connectivity index (χ3n) is 7.59. The Kier molecular flexibility index (Phi) is 9.42. The van der Waals surface area contributed by atoms with Crippen molar-refractivity contribution < 1.29 is 27.2 Å². The maximum atomic E-state index is 14.0. The summed E-state index contributed by atoms with van der Waals surface area (Å²) in [4.78, 5) is 37.8. The number of anilines is 1. The van der Waals surface area contributed by atoms with Gasteiger partial charge in [-0.1, -0.05) is 30.3 Å². The molecule has 2 atom stereocenters. The number of benzene rings is 1. The number of hydrogen-bond donors (Lipinski definition) is 1. The summed E-state index contributed by atoms with van der Waals surface area (Å²) in [5, 5.41) is 14.1. The van der Waals surface area contributed by atoms with Gasteiger partial charge in [0.25, 0.3) is 17.7 Å². The van der Waals surface area contributed by atoms with Crippen LogP contribution in [-0.4, -0.2) is 70.9 Å². The van der Waals surface area contributed by atoms with Gasteiger partial charge < -0.3 is 19.4 Å². The van der Waals surface area contributed by atoms with Crippen molar-refractivity contribution in [1.82, 2.24) is 30.4 Å². The molecule has 4 heterocycles. The van der Waals surface area contributed by atoms with Gasteiger partial charge in [-0.25, -0.2) is 23.2 Å². The van der Waals surface area contributed by atoms with Crippen LogP contribution in [0.2, 0.25) is 0 Å². The van der Waals surface area contributed by atoms with Crippen LogP contribution in [0.5, 0.6) is 0 Å². The van der Waals surface area contributed by atoms with Gasteiger partial charge in [0.2, 0.25) is 10.0 Å². The van der Waals surface area contributed by atoms with Crippen molar-refractivity contribution in [3.63, 3.8) is 0 Å². The molecule has 0 spiro atoms. The van der Waals surface area contributed by atoms with Crippen LogP contribution >= 0.6 is 11.3 Å². The second-order valence-corrected chi connectivity index (χ2v) is 15.8. The summed E-state index contributed by atoms with van der Waals surface area (Å²) in [7, 11) is -2.39. The first-order chi connectivity index (χ1) is 22.0. The number of likely N-dealkylation sites (tertiary alicyclic amines) is 1. The number of thiazole rings is 1. The molecular weight excluding hydrogens is 643 g/mol. The first-order valence-corrected chi connectivity index (χ1v) is 17.8. The maximum Gasteiger partial charge on any atom is 0.408 e. The summed E-state index contributed by atoms with van der Waals surface area (Å²) in [5.41, 5.74) is 0.0817. The first-order valence-electron chi connectivity index (χ1n) is 15.1. The van der Waals surface area contributed by atoms with Gasteiger partial charge >= 0.3 is 6.09 Å². The van der Waals surface area contributed by atoms with Crippen LogP contribution in [0, 0.1) is 6.92 Å². The van der Waals surface area contributed by atoms with Gasteiger partial charge in [0.15, 0.2) is 5.60 Å². The Labute approximate surface area is 278 Å². The zero-order valence-electron chi connectivity index (χ0n) is 27.5. The molecule has 1 fully saturated rings. The van der Waals surface area contributed by atoms with Crippen molar-refractivity contribution in [3.8, 4) is 11.6 Å². The molecule has 1 aromatic carbocycles. The van der Waals surface area contributed by atoms with Gasteiger partial charge in [0.1, 0.15) is 16.5 Å². The minimum absolute atomic E-state index is 0.00166. The highest BCUT2D eigenvalue weighted by Crippen LogP contribution is 2.36. The van der Waals surface area contributed by atoms with Gasteiger partial charge in [0, 0.05) is 42.2 Å². The Morgan fingerprint density at radius 3 is 2.49 bits per heavy atom. The lowest BCUT2D eigenvalue weighted by atomic mass is 9.96. The molecule has 1 aliphatic rings. The molecule has 5 rings (SSSR count). The molecular formula is C32H39N7O6S2. The van der Waals surface area contributed by atoms with E-state index in [1.165, 1.54) is 30.5 Å². The largest absolute Gasteiger partial charge is 0.433 e. The molecule has 0 aliphatic carbocycles. The van der Waals surface area contributed by atoms with E-state index < -0.39 is 27.3 Å². The Hall–Kier alpha value is -4.37. The number of rotatable bonds is 9. The van der Waals surface area contributed by atoms with Crippen molar-refractivity contribution in [2.75, 3.05) is 24.2 Å². The van der Waals surface area contributed by atoms with E-state index in [1.807, 2.05) is 63.4 Å². The van der Waals surface area contributed by atoms with Gasteiger partial charge in [-0.15, -0.1) is 21.5 Å². The van der Waals surface area contributed by atoms with Gasteiger partial charge in [-0.3, -0.25) is 9.10 Å². The Morgan fingerprint density at radius 2 is 1.85 bits per heavy atom. The van der Waals surface area contributed by atoms with Gasteiger partial charge in [-0.05, 0) is 65.2 Å². The highest BCUT2D eigenvalue weighted by Gasteiger charge is 2.39. The van der Waals surface area contributed by atoms with Crippen LogP contribution in [-0.2, 0) is 26.8 Å². The number of aromatic nitrogens is 4. The summed E-state index contributed by atoms with van der Waals surface area (Å²) in [6, 6.07) is 12.2. The van der Waals surface area contributed by atoms with Crippen LogP contribution in [0.3, 0.4) is 0 Å². The molecule has 1 aliphatic heterocycles. The highest BCUT2D eigenvalue weighted by atomic mass is 32.2. The van der Waals surface area contributed by atoms with Gasteiger partial charge in [-0.2, -0.15) is 0 Å². The summed E-state index contributed by atoms with van der Waals surface area (Å²) >= 11 is 1.51. The summed E-state index contributed by atoms with van der Waals surface area (Å²) in [5.74, 6) is -0.383. The number of nitrogens with zero attached hydrogens (tertiary/aromatic N) is 6. The molecule has 1 N–H and O–H groups in total. The molecule has 47 heavy (non-hydrogen) atoms. The maximum absolute atomic E-state index is 14.0. The summed E-state index contributed by atoms with van der Waals surface area (Å²) in [6.45, 7) is 9.61. The predicted octanol–water partition coefficient (Wildman–Crippen LogP) is 5.25. The normalized spacial score (nSPS) is 16.5. The molecule has 0 radical (unpaired) electrons. The average Bonchev–Trinajstić information content (AvgIpc) is 3.76. The number of amides is 2. The lowest BCUT2D eigenvalue weighted by Gasteiger charge is -2.29. The number of nitrogens with one attached hydrogen (secondary N) is 1. The van der Waals surface area contributed by atoms with Crippen molar-refractivity contribution in [2.45, 2.75) is 71.1 Å². The van der Waals surface area contributed by atoms with Crippen molar-refractivity contribution in [1.29, 1.82) is 0 Å². The first kappa shape index (κ1) is 34.0. The van der Waals surface area contributed by atoms with E-state index in [-0.39, 0.29) is 47.2 Å². The number of pyridine rings is 1. The number of carbonyl (C=O) groups excluding carboxylic acids is 2. The van der Waals surface area contributed by atoms with Crippen LogP contribution in [0.25, 0.3) is 11.6 Å². The third-order valence-corrected chi connectivity index (χ3v) is 9.84. The van der Waals surface area contributed by atoms with E-state index in [0.717, 1.165) is 39.7 Å². The fraction of sp³-hybridized carbons (Fsp3) is 0.438. The number of carbonyl (C=O) groups is 2. The van der Waals surface area contributed by atoms with E-state index in [4.69, 9.17) is 9.15 Å². The molecule has 0 unspecified atom stereocenters. The van der Waals surface area contributed by atoms with E-state index in [2.05, 4.69) is 25.5 Å². The van der Waals surface area contributed by atoms with Crippen molar-refractivity contribution >= 4 is 39.2 Å². The Morgan fingerprint density at radius 1 is 1.13 bits per heavy atom. The summed E-state index contributed by atoms with van der Waals surface area (Å²) in [6.07, 6.45) is 2.16. The molecule has 250 valence electrons. The van der Waals surface area contributed by atoms with Crippen LogP contribution in [0.4, 0.5) is 10.6 Å². The molecule has 13 nitrogen and oxygen atoms in total. The third kappa shape index (κ3) is 7.96. The number of ether oxygens (including phenoxy) is 1. The van der Waals surface area contributed by atoms with E-state index in [1.54, 1.807) is 11.8 Å². The number of aryl methyl sites for hydroxylation is 1. The monoisotopic (exact) mass is 681 g/mol. The topological polar surface area (TPSA) is 161 Å². The van der Waals surface area contributed by atoms with E-state index >= 15 is 0 Å². The number of alkyl carbamates (subject to hydrolysis) is 1. The standard InChI is InChI=1S/C32H39N7O6S2/c1-20-19-46-27(33-20)24-14-11-15-39(24)28(40)22-16-23(34-25(17-22)38(6)47(7,42)43)26-36-37-29(44-26)32(5,18-21-12-9-8-10-13-21)45-30(41)35-31(2,3)4/h8-10,12-13,16-17,19,24H,11,14-15,18H2,1-7H3,(H,35,41)/t24-,32-/m1/s1. The molecule has 1 saturated heterocycles. The Bertz CT molecular complexity index is 1870. The Balaban J connectivity index is 1.54. The van der Waals surface area contributed by atoms with Gasteiger partial charge in [0.05, 0.1) is 12.3 Å². The average molecular weight is 682 g/mol. The lowest BCUT2D eigenvalue weighted by Crippen LogP contribution is -2.45. The molecule has 3 aromatic heterocycles. The smallest absolute Gasteiger partial charge is 0.408 e. The molecule has 15 heteroatoms. The van der Waals surface area contributed by atoms with Crippen LogP contribution in [0.1, 0.15) is 79.1 Å². The van der Waals surface area contributed by atoms with Crippen molar-refractivity contribution in [3.05, 3.63) is 75.6 Å². The second-order valence-electron chi connectivity index (χ2n) is 12.9. The van der Waals surface area contributed by atoms with Crippen molar-refractivity contribution in [2.24, 2.45) is 0 Å². The lowest BCUT2D eigenvalue weighted by molar-refractivity contribution is -0.00123. The number of sulfonamides is 1. The zero-order chi connectivity index (χ0) is 34.1. The van der Waals surface area contributed by atoms with Crippen LogP contribution in [0.15, 0.2) is 52.3 Å². The highest BCUT2D eigenvalue weighted by molar-refractivity contribution is 7.92. The quantitative estimate of drug-likeness (QED) is 0.247. The molecule has 0 saturated carbocycles. The molecule has 4 aromatic rings. The number of hydrogen-bond acceptors (Lipinski definition) is 11. The van der Waals surface area contributed by atoms with E-state index in [9.17, 15) is 18.0 Å². The minimum Gasteiger partial charge on any atom is -0.433 e. The fourth-order valence-corrected chi connectivity index (χ4v) is 6.63. The molecule has 0 bridgehead atoms. The zero-order valence-corrected chi connectivity index (χ0v) is 29.1. The fourth-order valence-electron chi connectivity index (χ4n) is 5.26. The molecule has 2 amide bonds. The van der Waals surface area contributed by atoms with E-state index in [0.29, 0.717) is 6.54 Å². The minimum atomic E-state index is -3.74. The summed E-state index contributed by atoms with van der Waals surface area (Å²) < 4.78 is 38.1. The SMILES string of the molecule is Cc1csc([C@H]2CCCN2C(=O)c2cc(-c3nnc([C@@](C)(Cc4ccccc4)OC(=O)NC(C)(C)C)o3)nc(N(C)S(C)(=O)=O)c2)n1. The van der Waals surface area contributed by atoms with Crippen LogP contribution < -0.4 is 9.62 Å². The second kappa shape index (κ2) is 13.0.